The molecular formula is C21H21N2O2S-. The zero-order valence-electron chi connectivity index (χ0n) is 15.1. The van der Waals surface area contributed by atoms with Crippen LogP contribution in [0.15, 0.2) is 42.5 Å². The van der Waals surface area contributed by atoms with Gasteiger partial charge in [-0.3, -0.25) is 0 Å². The van der Waals surface area contributed by atoms with E-state index in [1.165, 1.54) is 28.1 Å². The van der Waals surface area contributed by atoms with E-state index in [9.17, 15) is 9.90 Å². The van der Waals surface area contributed by atoms with Crippen molar-refractivity contribution >= 4 is 28.1 Å². The normalized spacial score (nSPS) is 10.7. The van der Waals surface area contributed by atoms with E-state index in [0.29, 0.717) is 0 Å². The molecule has 0 aliphatic rings. The first-order chi connectivity index (χ1) is 12.5. The fourth-order valence-corrected chi connectivity index (χ4v) is 3.83. The van der Waals surface area contributed by atoms with Crippen LogP contribution in [0, 0.1) is 13.8 Å². The van der Waals surface area contributed by atoms with Gasteiger partial charge in [-0.1, -0.05) is 37.6 Å². The molecule has 0 saturated heterocycles. The Hall–Kier alpha value is -2.66. The Balaban J connectivity index is 1.91. The summed E-state index contributed by atoms with van der Waals surface area (Å²) in [4.78, 5) is 16.9. The quantitative estimate of drug-likeness (QED) is 0.699. The van der Waals surface area contributed by atoms with Crippen LogP contribution in [0.3, 0.4) is 0 Å². The number of hydrogen-bond donors (Lipinski definition) is 1. The molecule has 5 heteroatoms. The highest BCUT2D eigenvalue weighted by Gasteiger charge is 2.13. The highest BCUT2D eigenvalue weighted by Crippen LogP contribution is 2.34. The minimum absolute atomic E-state index is 0.164. The number of nitrogens with one attached hydrogen (secondary N) is 1. The van der Waals surface area contributed by atoms with Gasteiger partial charge in [-0.25, -0.2) is 4.98 Å². The second-order valence-electron chi connectivity index (χ2n) is 6.33. The third kappa shape index (κ3) is 3.94. The van der Waals surface area contributed by atoms with Gasteiger partial charge < -0.3 is 15.2 Å². The number of aromatic nitrogens is 1. The number of benzene rings is 2. The average Bonchev–Trinajstić information content (AvgIpc) is 3.00. The zero-order chi connectivity index (χ0) is 18.7. The molecule has 0 aliphatic heterocycles. The fourth-order valence-electron chi connectivity index (χ4n) is 2.73. The van der Waals surface area contributed by atoms with Gasteiger partial charge in [0.2, 0.25) is 0 Å². The maximum atomic E-state index is 10.9. The zero-order valence-corrected chi connectivity index (χ0v) is 15.9. The first-order valence-electron chi connectivity index (χ1n) is 8.63. The van der Waals surface area contributed by atoms with E-state index < -0.39 is 5.97 Å². The van der Waals surface area contributed by atoms with E-state index in [-0.39, 0.29) is 5.56 Å². The van der Waals surface area contributed by atoms with Crippen molar-refractivity contribution in [2.24, 2.45) is 0 Å². The molecule has 0 amide bonds. The average molecular weight is 365 g/mol. The Morgan fingerprint density at radius 1 is 1.12 bits per heavy atom. The van der Waals surface area contributed by atoms with Gasteiger partial charge in [-0.15, -0.1) is 11.3 Å². The molecule has 1 heterocycles. The molecule has 0 aliphatic carbocycles. The van der Waals surface area contributed by atoms with E-state index in [0.717, 1.165) is 34.9 Å². The number of rotatable bonds is 6. The van der Waals surface area contributed by atoms with Crippen molar-refractivity contribution in [2.45, 2.75) is 33.6 Å². The first-order valence-corrected chi connectivity index (χ1v) is 9.45. The van der Waals surface area contributed by atoms with Gasteiger partial charge in [-0.2, -0.15) is 0 Å². The summed E-state index contributed by atoms with van der Waals surface area (Å²) in [5.41, 5.74) is 5.65. The lowest BCUT2D eigenvalue weighted by atomic mass is 10.0. The van der Waals surface area contributed by atoms with Crippen LogP contribution in [0.25, 0.3) is 11.3 Å². The topological polar surface area (TPSA) is 65.0 Å². The minimum Gasteiger partial charge on any atom is -0.545 e. The summed E-state index contributed by atoms with van der Waals surface area (Å²) in [6.07, 6.45) is 2.03. The lowest BCUT2D eigenvalue weighted by Crippen LogP contribution is -2.21. The third-order valence-corrected chi connectivity index (χ3v) is 5.36. The SMILES string of the molecule is CCCc1sc(Nc2ccc(C(=O)[O-])cc2)nc1-c1ccc(C)c(C)c1. The van der Waals surface area contributed by atoms with E-state index in [1.54, 1.807) is 23.5 Å². The Morgan fingerprint density at radius 3 is 2.46 bits per heavy atom. The highest BCUT2D eigenvalue weighted by molar-refractivity contribution is 7.16. The molecule has 4 nitrogen and oxygen atoms in total. The molecule has 0 fully saturated rings. The van der Waals surface area contributed by atoms with Gasteiger partial charge in [0, 0.05) is 16.1 Å². The molecule has 0 saturated carbocycles. The van der Waals surface area contributed by atoms with Crippen LogP contribution in [0.5, 0.6) is 0 Å². The number of thiazole rings is 1. The predicted molar refractivity (Wildman–Crippen MR) is 105 cm³/mol. The lowest BCUT2D eigenvalue weighted by molar-refractivity contribution is -0.255. The van der Waals surface area contributed by atoms with Crippen LogP contribution in [-0.2, 0) is 6.42 Å². The predicted octanol–water partition coefficient (Wildman–Crippen LogP) is 4.49. The molecule has 26 heavy (non-hydrogen) atoms. The summed E-state index contributed by atoms with van der Waals surface area (Å²) < 4.78 is 0. The molecule has 3 aromatic rings. The largest absolute Gasteiger partial charge is 0.545 e. The first kappa shape index (κ1) is 18.1. The van der Waals surface area contributed by atoms with Crippen LogP contribution in [0.4, 0.5) is 10.8 Å². The Morgan fingerprint density at radius 2 is 1.85 bits per heavy atom. The van der Waals surface area contributed by atoms with E-state index in [1.807, 2.05) is 0 Å². The Bertz CT molecular complexity index is 930. The highest BCUT2D eigenvalue weighted by atomic mass is 32.1. The lowest BCUT2D eigenvalue weighted by Gasteiger charge is -2.06. The third-order valence-electron chi connectivity index (χ3n) is 4.33. The molecule has 2 aromatic carbocycles. The fraction of sp³-hybridized carbons (Fsp3) is 0.238. The Labute approximate surface area is 157 Å². The summed E-state index contributed by atoms with van der Waals surface area (Å²) in [5, 5.41) is 14.9. The molecule has 0 spiro atoms. The van der Waals surface area contributed by atoms with Crippen molar-refractivity contribution < 1.29 is 9.90 Å². The van der Waals surface area contributed by atoms with E-state index in [2.05, 4.69) is 44.3 Å². The maximum Gasteiger partial charge on any atom is 0.187 e. The summed E-state index contributed by atoms with van der Waals surface area (Å²) in [7, 11) is 0. The van der Waals surface area contributed by atoms with Crippen molar-refractivity contribution in [2.75, 3.05) is 5.32 Å². The number of anilines is 2. The maximum absolute atomic E-state index is 10.9. The van der Waals surface area contributed by atoms with Crippen molar-refractivity contribution in [3.63, 3.8) is 0 Å². The van der Waals surface area contributed by atoms with Gasteiger partial charge in [-0.05, 0) is 55.2 Å². The van der Waals surface area contributed by atoms with E-state index in [4.69, 9.17) is 4.98 Å². The number of hydrogen-bond acceptors (Lipinski definition) is 5. The molecule has 1 N–H and O–H groups in total. The number of aromatic carboxylic acids is 1. The number of carbonyl (C=O) groups excluding carboxylic acids is 1. The van der Waals surface area contributed by atoms with Gasteiger partial charge in [0.15, 0.2) is 5.13 Å². The summed E-state index contributed by atoms with van der Waals surface area (Å²) in [6, 6.07) is 12.9. The van der Waals surface area contributed by atoms with Crippen molar-refractivity contribution in [1.82, 2.24) is 4.98 Å². The molecule has 0 bridgehead atoms. The van der Waals surface area contributed by atoms with Crippen molar-refractivity contribution in [3.8, 4) is 11.3 Å². The van der Waals surface area contributed by atoms with Crippen LogP contribution in [0.1, 0.15) is 39.7 Å². The van der Waals surface area contributed by atoms with Crippen molar-refractivity contribution in [3.05, 3.63) is 64.0 Å². The summed E-state index contributed by atoms with van der Waals surface area (Å²) >= 11 is 1.64. The second kappa shape index (κ2) is 7.70. The van der Waals surface area contributed by atoms with Crippen molar-refractivity contribution in [1.29, 1.82) is 0 Å². The minimum atomic E-state index is -1.17. The number of carboxylic acids is 1. The number of carbonyl (C=O) groups is 1. The monoisotopic (exact) mass is 365 g/mol. The molecule has 0 unspecified atom stereocenters. The van der Waals surface area contributed by atoms with Gasteiger partial charge >= 0.3 is 0 Å². The van der Waals surface area contributed by atoms with Crippen LogP contribution >= 0.6 is 11.3 Å². The Kier molecular flexibility index (Phi) is 5.38. The van der Waals surface area contributed by atoms with Gasteiger partial charge in [0.05, 0.1) is 11.7 Å². The standard InChI is InChI=1S/C21H22N2O2S/c1-4-5-18-19(16-7-6-13(2)14(3)12-16)23-21(26-18)22-17-10-8-15(9-11-17)20(24)25/h6-12H,4-5H2,1-3H3,(H,22,23)(H,24,25)/p-1. The summed E-state index contributed by atoms with van der Waals surface area (Å²) in [6.45, 7) is 6.38. The van der Waals surface area contributed by atoms with Crippen LogP contribution in [-0.4, -0.2) is 11.0 Å². The van der Waals surface area contributed by atoms with Gasteiger partial charge in [0.25, 0.3) is 0 Å². The molecule has 134 valence electrons. The summed E-state index contributed by atoms with van der Waals surface area (Å²) in [5.74, 6) is -1.17. The second-order valence-corrected chi connectivity index (χ2v) is 7.41. The number of carboxylic acid groups (broad SMARTS) is 1. The van der Waals surface area contributed by atoms with Crippen LogP contribution < -0.4 is 10.4 Å². The van der Waals surface area contributed by atoms with Crippen LogP contribution in [0.2, 0.25) is 0 Å². The molecule has 0 atom stereocenters. The number of nitrogens with zero attached hydrogens (tertiary/aromatic N) is 1. The van der Waals surface area contributed by atoms with Gasteiger partial charge in [0.1, 0.15) is 0 Å². The van der Waals surface area contributed by atoms with E-state index >= 15 is 0 Å². The molecule has 3 rings (SSSR count). The smallest absolute Gasteiger partial charge is 0.187 e. The molecule has 1 aromatic heterocycles. The molecular weight excluding hydrogens is 344 g/mol. The molecule has 0 radical (unpaired) electrons. The number of aryl methyl sites for hydroxylation is 3.